The van der Waals surface area contributed by atoms with Crippen LogP contribution in [-0.2, 0) is 4.74 Å². The molecular weight excluding hydrogens is 210 g/mol. The first-order valence-corrected chi connectivity index (χ1v) is 7.40. The van der Waals surface area contributed by atoms with E-state index in [1.54, 1.807) is 0 Å². The highest BCUT2D eigenvalue weighted by molar-refractivity contribution is 4.82. The Morgan fingerprint density at radius 1 is 1.06 bits per heavy atom. The largest absolute Gasteiger partial charge is 0.379 e. The minimum absolute atomic E-state index is 0.448. The van der Waals surface area contributed by atoms with Crippen molar-refractivity contribution in [1.82, 2.24) is 4.90 Å². The van der Waals surface area contributed by atoms with E-state index >= 15 is 0 Å². The summed E-state index contributed by atoms with van der Waals surface area (Å²) in [7, 11) is 0. The van der Waals surface area contributed by atoms with Gasteiger partial charge in [-0.2, -0.15) is 0 Å². The molecule has 0 radical (unpaired) electrons. The summed E-state index contributed by atoms with van der Waals surface area (Å²) in [4.78, 5) is 2.59. The molecule has 17 heavy (non-hydrogen) atoms. The summed E-state index contributed by atoms with van der Waals surface area (Å²) in [5, 5.41) is 0. The molecule has 0 amide bonds. The molecule has 0 aromatic carbocycles. The smallest absolute Gasteiger partial charge is 0.0594 e. The fourth-order valence-corrected chi connectivity index (χ4v) is 3.09. The van der Waals surface area contributed by atoms with Gasteiger partial charge in [-0.3, -0.25) is 4.90 Å². The Bertz CT molecular complexity index is 191. The van der Waals surface area contributed by atoms with Gasteiger partial charge in [0.25, 0.3) is 0 Å². The minimum atomic E-state index is 0.448. The molecule has 2 nitrogen and oxygen atoms in total. The second-order valence-electron chi connectivity index (χ2n) is 6.15. The van der Waals surface area contributed by atoms with Crippen LogP contribution >= 0.6 is 0 Å². The topological polar surface area (TPSA) is 12.5 Å². The van der Waals surface area contributed by atoms with Gasteiger partial charge < -0.3 is 4.74 Å². The van der Waals surface area contributed by atoms with Crippen molar-refractivity contribution in [2.75, 3.05) is 32.8 Å². The molecule has 1 heterocycles. The van der Waals surface area contributed by atoms with Gasteiger partial charge in [-0.25, -0.2) is 0 Å². The molecule has 0 N–H and O–H groups in total. The lowest BCUT2D eigenvalue weighted by Gasteiger charge is -2.40. The molecule has 1 rings (SSSR count). The van der Waals surface area contributed by atoms with Crippen LogP contribution in [0.3, 0.4) is 0 Å². The van der Waals surface area contributed by atoms with Crippen molar-refractivity contribution in [3.63, 3.8) is 0 Å². The Hall–Kier alpha value is -0.0800. The molecule has 102 valence electrons. The molecule has 0 spiro atoms. The third kappa shape index (κ3) is 4.97. The van der Waals surface area contributed by atoms with E-state index in [0.717, 1.165) is 32.2 Å². The molecule has 0 atom stereocenters. The second-order valence-corrected chi connectivity index (χ2v) is 6.15. The molecule has 0 bridgehead atoms. The highest BCUT2D eigenvalue weighted by Gasteiger charge is 2.30. The van der Waals surface area contributed by atoms with Crippen LogP contribution in [0.15, 0.2) is 0 Å². The number of morpholine rings is 1. The lowest BCUT2D eigenvalue weighted by atomic mass is 9.73. The Morgan fingerprint density at radius 3 is 2.06 bits per heavy atom. The van der Waals surface area contributed by atoms with E-state index in [1.165, 1.54) is 32.2 Å². The van der Waals surface area contributed by atoms with Crippen LogP contribution in [0, 0.1) is 11.3 Å². The summed E-state index contributed by atoms with van der Waals surface area (Å²) < 4.78 is 5.43. The van der Waals surface area contributed by atoms with Crippen molar-refractivity contribution in [1.29, 1.82) is 0 Å². The van der Waals surface area contributed by atoms with Crippen LogP contribution < -0.4 is 0 Å². The summed E-state index contributed by atoms with van der Waals surface area (Å²) in [6.45, 7) is 14.9. The number of hydrogen-bond donors (Lipinski definition) is 0. The van der Waals surface area contributed by atoms with Gasteiger partial charge in [0.1, 0.15) is 0 Å². The van der Waals surface area contributed by atoms with Crippen molar-refractivity contribution in [3.05, 3.63) is 0 Å². The van der Waals surface area contributed by atoms with Crippen molar-refractivity contribution in [2.24, 2.45) is 11.3 Å². The summed E-state index contributed by atoms with van der Waals surface area (Å²) >= 11 is 0. The first-order valence-electron chi connectivity index (χ1n) is 7.40. The molecule has 0 unspecified atom stereocenters. The maximum absolute atomic E-state index is 5.43. The highest BCUT2D eigenvalue weighted by atomic mass is 16.5. The number of ether oxygens (including phenoxy) is 1. The lowest BCUT2D eigenvalue weighted by molar-refractivity contribution is 0.00824. The van der Waals surface area contributed by atoms with E-state index in [0.29, 0.717) is 5.41 Å². The van der Waals surface area contributed by atoms with Gasteiger partial charge in [0.2, 0.25) is 0 Å². The summed E-state index contributed by atoms with van der Waals surface area (Å²) in [6.07, 6.45) is 5.39. The Morgan fingerprint density at radius 2 is 1.59 bits per heavy atom. The summed E-state index contributed by atoms with van der Waals surface area (Å²) in [5.74, 6) is 0.875. The predicted octanol–water partition coefficient (Wildman–Crippen LogP) is 3.56. The van der Waals surface area contributed by atoms with Crippen molar-refractivity contribution in [2.45, 2.75) is 53.4 Å². The monoisotopic (exact) mass is 241 g/mol. The zero-order valence-electron chi connectivity index (χ0n) is 12.3. The fraction of sp³-hybridized carbons (Fsp3) is 1.00. The first-order chi connectivity index (χ1) is 8.10. The number of hydrogen-bond acceptors (Lipinski definition) is 2. The lowest BCUT2D eigenvalue weighted by Crippen LogP contribution is -2.44. The van der Waals surface area contributed by atoms with Crippen molar-refractivity contribution < 1.29 is 4.74 Å². The first kappa shape index (κ1) is 15.0. The number of rotatable bonds is 7. The standard InChI is InChI=1S/C15H31NO/c1-5-7-14(8-6-2)15(3,4)13-16-9-11-17-12-10-16/h14H,5-13H2,1-4H3. The Labute approximate surface area is 108 Å². The van der Waals surface area contributed by atoms with E-state index in [9.17, 15) is 0 Å². The third-order valence-electron chi connectivity index (χ3n) is 4.11. The maximum Gasteiger partial charge on any atom is 0.0594 e. The van der Waals surface area contributed by atoms with Crippen LogP contribution in [-0.4, -0.2) is 37.7 Å². The van der Waals surface area contributed by atoms with Gasteiger partial charge in [-0.15, -0.1) is 0 Å². The third-order valence-corrected chi connectivity index (χ3v) is 4.11. The maximum atomic E-state index is 5.43. The van der Waals surface area contributed by atoms with E-state index in [-0.39, 0.29) is 0 Å². The average Bonchev–Trinajstić information content (AvgIpc) is 2.29. The van der Waals surface area contributed by atoms with Gasteiger partial charge in [-0.1, -0.05) is 53.4 Å². The highest BCUT2D eigenvalue weighted by Crippen LogP contribution is 2.35. The molecule has 0 aromatic rings. The molecule has 1 fully saturated rings. The van der Waals surface area contributed by atoms with Gasteiger partial charge in [0.15, 0.2) is 0 Å². The van der Waals surface area contributed by atoms with Gasteiger partial charge in [0, 0.05) is 19.6 Å². The molecular formula is C15H31NO. The predicted molar refractivity (Wildman–Crippen MR) is 74.3 cm³/mol. The van der Waals surface area contributed by atoms with Gasteiger partial charge in [0.05, 0.1) is 13.2 Å². The Balaban J connectivity index is 2.49. The summed E-state index contributed by atoms with van der Waals surface area (Å²) in [5.41, 5.74) is 0.448. The van der Waals surface area contributed by atoms with Crippen molar-refractivity contribution in [3.8, 4) is 0 Å². The Kier molecular flexibility index (Phi) is 6.50. The average molecular weight is 241 g/mol. The molecule has 0 saturated carbocycles. The van der Waals surface area contributed by atoms with E-state index in [1.807, 2.05) is 0 Å². The molecule has 1 aliphatic rings. The SMILES string of the molecule is CCCC(CCC)C(C)(C)CN1CCOCC1. The van der Waals surface area contributed by atoms with Crippen LogP contribution in [0.1, 0.15) is 53.4 Å². The molecule has 2 heteroatoms. The van der Waals surface area contributed by atoms with Crippen LogP contribution in [0.25, 0.3) is 0 Å². The molecule has 1 aliphatic heterocycles. The normalized spacial score (nSPS) is 18.9. The minimum Gasteiger partial charge on any atom is -0.379 e. The van der Waals surface area contributed by atoms with E-state index < -0.39 is 0 Å². The fourth-order valence-electron chi connectivity index (χ4n) is 3.09. The molecule has 1 saturated heterocycles. The van der Waals surface area contributed by atoms with Crippen LogP contribution in [0.4, 0.5) is 0 Å². The van der Waals surface area contributed by atoms with E-state index in [4.69, 9.17) is 4.74 Å². The van der Waals surface area contributed by atoms with Crippen LogP contribution in [0.2, 0.25) is 0 Å². The van der Waals surface area contributed by atoms with Crippen molar-refractivity contribution >= 4 is 0 Å². The quantitative estimate of drug-likeness (QED) is 0.676. The zero-order chi connectivity index (χ0) is 12.7. The van der Waals surface area contributed by atoms with E-state index in [2.05, 4.69) is 32.6 Å². The molecule has 0 aliphatic carbocycles. The van der Waals surface area contributed by atoms with Gasteiger partial charge >= 0.3 is 0 Å². The number of nitrogens with zero attached hydrogens (tertiary/aromatic N) is 1. The van der Waals surface area contributed by atoms with Gasteiger partial charge in [-0.05, 0) is 11.3 Å². The molecule has 0 aromatic heterocycles. The zero-order valence-corrected chi connectivity index (χ0v) is 12.3. The summed E-state index contributed by atoms with van der Waals surface area (Å²) in [6, 6.07) is 0. The second kappa shape index (κ2) is 7.38. The van der Waals surface area contributed by atoms with Crippen LogP contribution in [0.5, 0.6) is 0 Å².